The summed E-state index contributed by atoms with van der Waals surface area (Å²) in [4.78, 5) is -0.253. The summed E-state index contributed by atoms with van der Waals surface area (Å²) in [6.45, 7) is 0. The lowest BCUT2D eigenvalue weighted by Crippen LogP contribution is -2.13. The Morgan fingerprint density at radius 3 is 2.48 bits per heavy atom. The second-order valence-electron chi connectivity index (χ2n) is 4.03. The molecule has 0 radical (unpaired) electrons. The summed E-state index contributed by atoms with van der Waals surface area (Å²) in [5.74, 6) is -0.827. The van der Waals surface area contributed by atoms with Gasteiger partial charge in [-0.15, -0.1) is 0 Å². The Morgan fingerprint density at radius 2 is 1.86 bits per heavy atom. The van der Waals surface area contributed by atoms with Crippen molar-refractivity contribution >= 4 is 38.9 Å². The monoisotopic (exact) mass is 349 g/mol. The van der Waals surface area contributed by atoms with Gasteiger partial charge in [-0.05, 0) is 36.4 Å². The topological polar surface area (TPSA) is 55.4 Å². The van der Waals surface area contributed by atoms with Crippen molar-refractivity contribution in [1.29, 1.82) is 0 Å². The van der Waals surface area contributed by atoms with Crippen molar-refractivity contribution in [2.45, 2.75) is 4.90 Å². The van der Waals surface area contributed by atoms with Crippen LogP contribution < -0.4 is 9.46 Å². The van der Waals surface area contributed by atoms with Crippen LogP contribution in [0.2, 0.25) is 10.0 Å². The van der Waals surface area contributed by atoms with E-state index < -0.39 is 15.8 Å². The lowest BCUT2D eigenvalue weighted by atomic mass is 10.3. The van der Waals surface area contributed by atoms with Gasteiger partial charge in [0, 0.05) is 5.02 Å². The Morgan fingerprint density at radius 1 is 1.14 bits per heavy atom. The van der Waals surface area contributed by atoms with Crippen LogP contribution in [0.4, 0.5) is 10.1 Å². The summed E-state index contributed by atoms with van der Waals surface area (Å²) in [6.07, 6.45) is 0. The number of anilines is 1. The third kappa shape index (κ3) is 3.58. The van der Waals surface area contributed by atoms with Crippen LogP contribution in [0.5, 0.6) is 5.75 Å². The molecule has 21 heavy (non-hydrogen) atoms. The van der Waals surface area contributed by atoms with E-state index in [1.165, 1.54) is 37.4 Å². The molecule has 2 rings (SSSR count). The van der Waals surface area contributed by atoms with Gasteiger partial charge in [0.2, 0.25) is 0 Å². The molecular weight excluding hydrogens is 340 g/mol. The second kappa shape index (κ2) is 6.09. The molecule has 1 N–H and O–H groups in total. The van der Waals surface area contributed by atoms with Crippen LogP contribution in [-0.4, -0.2) is 15.5 Å². The van der Waals surface area contributed by atoms with Gasteiger partial charge >= 0.3 is 0 Å². The van der Waals surface area contributed by atoms with Gasteiger partial charge in [0.25, 0.3) is 10.0 Å². The first-order valence-electron chi connectivity index (χ1n) is 5.65. The molecule has 4 nitrogen and oxygen atoms in total. The van der Waals surface area contributed by atoms with Crippen LogP contribution in [0.15, 0.2) is 41.3 Å². The number of halogens is 3. The highest BCUT2D eigenvalue weighted by Crippen LogP contribution is 2.28. The van der Waals surface area contributed by atoms with Crippen LogP contribution in [-0.2, 0) is 10.0 Å². The molecule has 0 aliphatic rings. The predicted molar refractivity (Wildman–Crippen MR) is 80.2 cm³/mol. The minimum Gasteiger partial charge on any atom is -0.494 e. The van der Waals surface area contributed by atoms with Gasteiger partial charge in [-0.3, -0.25) is 4.72 Å². The van der Waals surface area contributed by atoms with E-state index in [0.717, 1.165) is 6.07 Å². The minimum atomic E-state index is -3.99. The number of rotatable bonds is 4. The van der Waals surface area contributed by atoms with Crippen molar-refractivity contribution in [2.75, 3.05) is 11.8 Å². The number of hydrogen-bond donors (Lipinski definition) is 1. The Labute approximate surface area is 131 Å². The summed E-state index contributed by atoms with van der Waals surface area (Å²) in [5, 5.41) is 0.495. The standard InChI is InChI=1S/C13H10Cl2FNO3S/c1-20-13-5-3-9(7-11(13)16)21(18,19)17-12-6-8(14)2-4-10(12)15/h2-7,17H,1H3. The third-order valence-electron chi connectivity index (χ3n) is 2.61. The Kier molecular flexibility index (Phi) is 4.61. The molecule has 0 heterocycles. The Hall–Kier alpha value is -1.50. The zero-order valence-electron chi connectivity index (χ0n) is 10.7. The molecule has 0 aliphatic carbocycles. The van der Waals surface area contributed by atoms with E-state index in [9.17, 15) is 12.8 Å². The smallest absolute Gasteiger partial charge is 0.262 e. The predicted octanol–water partition coefficient (Wildman–Crippen LogP) is 3.94. The normalized spacial score (nSPS) is 11.2. The number of sulfonamides is 1. The quantitative estimate of drug-likeness (QED) is 0.909. The highest BCUT2D eigenvalue weighted by atomic mass is 35.5. The second-order valence-corrected chi connectivity index (χ2v) is 6.55. The fourth-order valence-electron chi connectivity index (χ4n) is 1.59. The molecule has 0 amide bonds. The minimum absolute atomic E-state index is 0.0465. The number of nitrogens with one attached hydrogen (secondary N) is 1. The van der Waals surface area contributed by atoms with Crippen molar-refractivity contribution in [3.8, 4) is 5.75 Å². The highest BCUT2D eigenvalue weighted by Gasteiger charge is 2.18. The first kappa shape index (κ1) is 15.9. The van der Waals surface area contributed by atoms with E-state index in [1.54, 1.807) is 0 Å². The van der Waals surface area contributed by atoms with E-state index in [4.69, 9.17) is 27.9 Å². The van der Waals surface area contributed by atoms with Crippen LogP contribution in [0, 0.1) is 5.82 Å². The summed E-state index contributed by atoms with van der Waals surface area (Å²) in [6, 6.07) is 7.65. The lowest BCUT2D eigenvalue weighted by Gasteiger charge is -2.11. The summed E-state index contributed by atoms with van der Waals surface area (Å²) < 4.78 is 45.0. The van der Waals surface area contributed by atoms with E-state index >= 15 is 0 Å². The van der Waals surface area contributed by atoms with E-state index in [1.807, 2.05) is 0 Å². The van der Waals surface area contributed by atoms with Crippen LogP contribution in [0.3, 0.4) is 0 Å². The molecule has 0 aromatic heterocycles. The molecule has 0 fully saturated rings. The van der Waals surface area contributed by atoms with E-state index in [-0.39, 0.29) is 21.4 Å². The van der Waals surface area contributed by atoms with Crippen molar-refractivity contribution < 1.29 is 17.5 Å². The van der Waals surface area contributed by atoms with Crippen LogP contribution >= 0.6 is 23.2 Å². The number of ether oxygens (including phenoxy) is 1. The molecule has 0 spiro atoms. The molecule has 0 saturated heterocycles. The summed E-state index contributed by atoms with van der Waals surface area (Å²) in [5.41, 5.74) is 0.111. The van der Waals surface area contributed by atoms with E-state index in [2.05, 4.69) is 4.72 Å². The third-order valence-corrected chi connectivity index (χ3v) is 4.53. The molecular formula is C13H10Cl2FNO3S. The zero-order valence-corrected chi connectivity index (χ0v) is 13.1. The maximum absolute atomic E-state index is 13.6. The van der Waals surface area contributed by atoms with Crippen LogP contribution in [0.25, 0.3) is 0 Å². The van der Waals surface area contributed by atoms with Crippen molar-refractivity contribution in [1.82, 2.24) is 0 Å². The maximum atomic E-state index is 13.6. The van der Waals surface area contributed by atoms with E-state index in [0.29, 0.717) is 5.02 Å². The van der Waals surface area contributed by atoms with Gasteiger partial charge in [0.05, 0.1) is 22.7 Å². The van der Waals surface area contributed by atoms with Gasteiger partial charge in [0.1, 0.15) is 0 Å². The van der Waals surface area contributed by atoms with Gasteiger partial charge in [-0.2, -0.15) is 0 Å². The molecule has 2 aromatic carbocycles. The van der Waals surface area contributed by atoms with Crippen molar-refractivity contribution in [3.63, 3.8) is 0 Å². The molecule has 0 atom stereocenters. The SMILES string of the molecule is COc1ccc(S(=O)(=O)Nc2cc(Cl)ccc2Cl)cc1F. The molecule has 0 aliphatic heterocycles. The average molecular weight is 350 g/mol. The fourth-order valence-corrected chi connectivity index (χ4v) is 3.07. The maximum Gasteiger partial charge on any atom is 0.262 e. The molecule has 0 unspecified atom stereocenters. The lowest BCUT2D eigenvalue weighted by molar-refractivity contribution is 0.385. The van der Waals surface area contributed by atoms with Crippen molar-refractivity contribution in [3.05, 3.63) is 52.3 Å². The molecule has 2 aromatic rings. The molecule has 0 saturated carbocycles. The number of hydrogen-bond acceptors (Lipinski definition) is 3. The summed E-state index contributed by atoms with van der Waals surface area (Å²) >= 11 is 11.7. The zero-order chi connectivity index (χ0) is 15.6. The number of methoxy groups -OCH3 is 1. The van der Waals surface area contributed by atoms with Gasteiger partial charge in [-0.1, -0.05) is 23.2 Å². The Balaban J connectivity index is 2.38. The van der Waals surface area contributed by atoms with Crippen molar-refractivity contribution in [2.24, 2.45) is 0 Å². The van der Waals surface area contributed by atoms with Gasteiger partial charge in [0.15, 0.2) is 11.6 Å². The first-order chi connectivity index (χ1) is 9.83. The molecule has 112 valence electrons. The molecule has 8 heteroatoms. The Bertz CT molecular complexity index is 781. The number of benzene rings is 2. The highest BCUT2D eigenvalue weighted by molar-refractivity contribution is 7.92. The van der Waals surface area contributed by atoms with Gasteiger partial charge < -0.3 is 4.74 Å². The first-order valence-corrected chi connectivity index (χ1v) is 7.89. The largest absolute Gasteiger partial charge is 0.494 e. The van der Waals surface area contributed by atoms with Crippen LogP contribution in [0.1, 0.15) is 0 Å². The fraction of sp³-hybridized carbons (Fsp3) is 0.0769. The summed E-state index contributed by atoms with van der Waals surface area (Å²) in [7, 11) is -2.70. The van der Waals surface area contributed by atoms with Gasteiger partial charge in [-0.25, -0.2) is 12.8 Å². The average Bonchev–Trinajstić information content (AvgIpc) is 2.42. The molecule has 0 bridgehead atoms.